The van der Waals surface area contributed by atoms with Crippen LogP contribution in [0, 0.1) is 0 Å². The van der Waals surface area contributed by atoms with E-state index in [2.05, 4.69) is 16.0 Å². The summed E-state index contributed by atoms with van der Waals surface area (Å²) < 4.78 is 11.3. The van der Waals surface area contributed by atoms with Crippen LogP contribution in [-0.4, -0.2) is 73.2 Å². The number of halogens is 1. The van der Waals surface area contributed by atoms with Crippen molar-refractivity contribution in [3.05, 3.63) is 64.4 Å². The minimum absolute atomic E-state index is 0.0633. The van der Waals surface area contributed by atoms with E-state index in [0.717, 1.165) is 47.9 Å². The number of carbonyl (C=O) groups is 1. The minimum atomic E-state index is -0.0633. The molecule has 0 spiro atoms. The maximum Gasteiger partial charge on any atom is 0.224 e. The summed E-state index contributed by atoms with van der Waals surface area (Å²) in [6, 6.07) is 12.0. The lowest BCUT2D eigenvalue weighted by molar-refractivity contribution is -0.136. The molecular formula is C23H28ClN3O3. The van der Waals surface area contributed by atoms with Crippen molar-refractivity contribution in [1.29, 1.82) is 0 Å². The van der Waals surface area contributed by atoms with Crippen molar-refractivity contribution in [2.45, 2.75) is 18.9 Å². The first-order valence-electron chi connectivity index (χ1n) is 10.6. The highest BCUT2D eigenvalue weighted by atomic mass is 35.5. The minimum Gasteiger partial charge on any atom is -0.378 e. The van der Waals surface area contributed by atoms with Crippen molar-refractivity contribution in [3.63, 3.8) is 0 Å². The summed E-state index contributed by atoms with van der Waals surface area (Å²) in [5.41, 5.74) is 3.15. The molecule has 2 aliphatic heterocycles. The number of carbonyl (C=O) groups excluding carboxylic acids is 1. The largest absolute Gasteiger partial charge is 0.378 e. The Morgan fingerprint density at radius 3 is 2.70 bits per heavy atom. The highest BCUT2D eigenvalue weighted by Gasteiger charge is 2.24. The second-order valence-corrected chi connectivity index (χ2v) is 8.17. The van der Waals surface area contributed by atoms with Crippen LogP contribution >= 0.6 is 11.6 Å². The number of aromatic nitrogens is 1. The lowest BCUT2D eigenvalue weighted by Gasteiger charge is -2.33. The van der Waals surface area contributed by atoms with E-state index in [9.17, 15) is 4.79 Å². The Hall–Kier alpha value is -1.99. The van der Waals surface area contributed by atoms with Gasteiger partial charge in [0.1, 0.15) is 6.10 Å². The number of morpholine rings is 2. The summed E-state index contributed by atoms with van der Waals surface area (Å²) >= 11 is 6.27. The van der Waals surface area contributed by atoms with Gasteiger partial charge in [0.2, 0.25) is 5.91 Å². The van der Waals surface area contributed by atoms with Gasteiger partial charge in [0.15, 0.2) is 0 Å². The molecule has 0 unspecified atom stereocenters. The number of hydrogen-bond acceptors (Lipinski definition) is 5. The Morgan fingerprint density at radius 1 is 1.10 bits per heavy atom. The van der Waals surface area contributed by atoms with E-state index in [-0.39, 0.29) is 12.0 Å². The molecule has 1 aromatic heterocycles. The Balaban J connectivity index is 1.29. The van der Waals surface area contributed by atoms with E-state index in [1.807, 2.05) is 41.4 Å². The standard InChI is InChI=1S/C23H28ClN3O3/c24-20-4-2-1-3-19(20)15-18-5-6-21(25-16-18)22-17-26(9-14-30-22)8-7-23(28)27-10-12-29-13-11-27/h1-6,16,22H,7-15,17H2/t22-/m0/s1. The fourth-order valence-electron chi connectivity index (χ4n) is 3.90. The van der Waals surface area contributed by atoms with Crippen molar-refractivity contribution in [2.24, 2.45) is 0 Å². The van der Waals surface area contributed by atoms with Crippen molar-refractivity contribution < 1.29 is 14.3 Å². The van der Waals surface area contributed by atoms with Crippen LogP contribution in [0.1, 0.15) is 29.3 Å². The number of benzene rings is 1. The summed E-state index contributed by atoms with van der Waals surface area (Å²) in [5, 5.41) is 0.777. The zero-order chi connectivity index (χ0) is 20.8. The molecule has 1 amide bonds. The fraction of sp³-hybridized carbons (Fsp3) is 0.478. The number of rotatable bonds is 6. The van der Waals surface area contributed by atoms with Gasteiger partial charge in [-0.2, -0.15) is 0 Å². The van der Waals surface area contributed by atoms with Crippen molar-refractivity contribution >= 4 is 17.5 Å². The number of nitrogens with zero attached hydrogens (tertiary/aromatic N) is 3. The summed E-state index contributed by atoms with van der Waals surface area (Å²) in [6.45, 7) is 5.70. The molecular weight excluding hydrogens is 402 g/mol. The summed E-state index contributed by atoms with van der Waals surface area (Å²) in [5.74, 6) is 0.211. The Morgan fingerprint density at radius 2 is 1.93 bits per heavy atom. The molecule has 2 fully saturated rings. The topological polar surface area (TPSA) is 54.9 Å². The number of ether oxygens (including phenoxy) is 2. The van der Waals surface area contributed by atoms with Crippen molar-refractivity contribution in [1.82, 2.24) is 14.8 Å². The van der Waals surface area contributed by atoms with Crippen LogP contribution in [-0.2, 0) is 20.7 Å². The predicted octanol–water partition coefficient (Wildman–Crippen LogP) is 2.95. The average molecular weight is 430 g/mol. The average Bonchev–Trinajstić information content (AvgIpc) is 2.80. The molecule has 2 aromatic rings. The third-order valence-corrected chi connectivity index (χ3v) is 6.05. The van der Waals surface area contributed by atoms with Gasteiger partial charge in [0, 0.05) is 56.8 Å². The van der Waals surface area contributed by atoms with Gasteiger partial charge in [-0.15, -0.1) is 0 Å². The second-order valence-electron chi connectivity index (χ2n) is 7.76. The van der Waals surface area contributed by atoms with Gasteiger partial charge in [-0.3, -0.25) is 14.7 Å². The highest BCUT2D eigenvalue weighted by Crippen LogP contribution is 2.23. The molecule has 6 nitrogen and oxygen atoms in total. The van der Waals surface area contributed by atoms with Crippen LogP contribution in [0.2, 0.25) is 5.02 Å². The normalized spacial score (nSPS) is 20.3. The number of amides is 1. The SMILES string of the molecule is O=C(CCN1CCO[C@H](c2ccc(Cc3ccccc3Cl)cn2)C1)N1CCOCC1. The summed E-state index contributed by atoms with van der Waals surface area (Å²) in [7, 11) is 0. The maximum absolute atomic E-state index is 12.4. The molecule has 0 saturated carbocycles. The third-order valence-electron chi connectivity index (χ3n) is 5.69. The van der Waals surface area contributed by atoms with Gasteiger partial charge in [-0.25, -0.2) is 0 Å². The lowest BCUT2D eigenvalue weighted by Crippen LogP contribution is -2.44. The van der Waals surface area contributed by atoms with E-state index in [1.54, 1.807) is 0 Å². The number of pyridine rings is 1. The van der Waals surface area contributed by atoms with Crippen molar-refractivity contribution in [3.8, 4) is 0 Å². The van der Waals surface area contributed by atoms with Gasteiger partial charge in [-0.05, 0) is 23.3 Å². The van der Waals surface area contributed by atoms with Crippen LogP contribution in [0.15, 0.2) is 42.6 Å². The Bertz CT molecular complexity index is 840. The lowest BCUT2D eigenvalue weighted by atomic mass is 10.1. The first kappa shape index (κ1) is 21.2. The zero-order valence-corrected chi connectivity index (χ0v) is 17.9. The molecule has 1 aromatic carbocycles. The molecule has 0 N–H and O–H groups in total. The van der Waals surface area contributed by atoms with E-state index in [0.29, 0.717) is 39.3 Å². The molecule has 0 bridgehead atoms. The van der Waals surface area contributed by atoms with Crippen LogP contribution < -0.4 is 0 Å². The smallest absolute Gasteiger partial charge is 0.224 e. The van der Waals surface area contributed by atoms with E-state index >= 15 is 0 Å². The molecule has 0 radical (unpaired) electrons. The molecule has 2 aliphatic rings. The van der Waals surface area contributed by atoms with Crippen LogP contribution in [0.4, 0.5) is 0 Å². The molecule has 7 heteroatoms. The predicted molar refractivity (Wildman–Crippen MR) is 116 cm³/mol. The third kappa shape index (κ3) is 5.58. The molecule has 2 saturated heterocycles. The van der Waals surface area contributed by atoms with Crippen LogP contribution in [0.5, 0.6) is 0 Å². The molecule has 0 aliphatic carbocycles. The molecule has 1 atom stereocenters. The second kappa shape index (κ2) is 10.4. The fourth-order valence-corrected chi connectivity index (χ4v) is 4.10. The Labute approximate surface area is 182 Å². The quantitative estimate of drug-likeness (QED) is 0.706. The van der Waals surface area contributed by atoms with Crippen LogP contribution in [0.3, 0.4) is 0 Å². The highest BCUT2D eigenvalue weighted by molar-refractivity contribution is 6.31. The van der Waals surface area contributed by atoms with Crippen LogP contribution in [0.25, 0.3) is 0 Å². The Kier molecular flexibility index (Phi) is 7.33. The van der Waals surface area contributed by atoms with Gasteiger partial charge >= 0.3 is 0 Å². The van der Waals surface area contributed by atoms with Gasteiger partial charge in [-0.1, -0.05) is 35.9 Å². The monoisotopic (exact) mass is 429 g/mol. The van der Waals surface area contributed by atoms with Gasteiger partial charge < -0.3 is 14.4 Å². The van der Waals surface area contributed by atoms with E-state index < -0.39 is 0 Å². The van der Waals surface area contributed by atoms with Gasteiger partial charge in [0.25, 0.3) is 0 Å². The molecule has 160 valence electrons. The summed E-state index contributed by atoms with van der Waals surface area (Å²) in [4.78, 5) is 21.2. The maximum atomic E-state index is 12.4. The summed E-state index contributed by atoms with van der Waals surface area (Å²) in [6.07, 6.45) is 3.14. The van der Waals surface area contributed by atoms with Crippen molar-refractivity contribution in [2.75, 3.05) is 52.5 Å². The molecule has 30 heavy (non-hydrogen) atoms. The first-order chi connectivity index (χ1) is 14.7. The zero-order valence-electron chi connectivity index (χ0n) is 17.1. The van der Waals surface area contributed by atoms with Gasteiger partial charge in [0.05, 0.1) is 25.5 Å². The molecule has 3 heterocycles. The van der Waals surface area contributed by atoms with E-state index in [1.165, 1.54) is 0 Å². The molecule has 4 rings (SSSR count). The first-order valence-corrected chi connectivity index (χ1v) is 10.9. The number of hydrogen-bond donors (Lipinski definition) is 0. The van der Waals surface area contributed by atoms with E-state index in [4.69, 9.17) is 21.1 Å².